The number of halogens is 1. The predicted octanol–water partition coefficient (Wildman–Crippen LogP) is 2.58. The highest BCUT2D eigenvalue weighted by Gasteiger charge is 2.13. The van der Waals surface area contributed by atoms with Gasteiger partial charge in [0.15, 0.2) is 0 Å². The van der Waals surface area contributed by atoms with Gasteiger partial charge in [0.1, 0.15) is 10.8 Å². The van der Waals surface area contributed by atoms with E-state index in [1.54, 1.807) is 18.2 Å². The first-order valence-electron chi connectivity index (χ1n) is 6.58. The summed E-state index contributed by atoms with van der Waals surface area (Å²) < 4.78 is 0. The molecule has 0 aromatic carbocycles. The second kappa shape index (κ2) is 7.46. The molecule has 1 heterocycles. The van der Waals surface area contributed by atoms with Crippen molar-refractivity contribution in [3.05, 3.63) is 29.0 Å². The van der Waals surface area contributed by atoms with Gasteiger partial charge in [0.2, 0.25) is 0 Å². The van der Waals surface area contributed by atoms with E-state index in [2.05, 4.69) is 42.9 Å². The minimum atomic E-state index is -0.185. The minimum absolute atomic E-state index is 0.185. The molecule has 1 N–H and O–H groups in total. The molecule has 0 saturated heterocycles. The molecule has 5 heteroatoms. The van der Waals surface area contributed by atoms with Crippen molar-refractivity contribution in [1.82, 2.24) is 15.2 Å². The number of nitrogens with zero attached hydrogens (tertiary/aromatic N) is 2. The topological polar surface area (TPSA) is 45.2 Å². The maximum absolute atomic E-state index is 11.9. The molecule has 0 aliphatic carbocycles. The van der Waals surface area contributed by atoms with Gasteiger partial charge in [-0.3, -0.25) is 9.69 Å². The fourth-order valence-corrected chi connectivity index (χ4v) is 2.20. The monoisotopic (exact) mass is 283 g/mol. The Kier molecular flexibility index (Phi) is 6.25. The summed E-state index contributed by atoms with van der Waals surface area (Å²) in [6.45, 7) is 10.0. The van der Waals surface area contributed by atoms with Gasteiger partial charge in [-0.05, 0) is 39.8 Å². The van der Waals surface area contributed by atoms with Gasteiger partial charge in [-0.1, -0.05) is 17.7 Å². The highest BCUT2D eigenvalue weighted by molar-refractivity contribution is 6.29. The number of rotatable bonds is 6. The molecule has 0 unspecified atom stereocenters. The van der Waals surface area contributed by atoms with E-state index in [9.17, 15) is 4.79 Å². The molecule has 1 aromatic rings. The molecule has 106 valence electrons. The van der Waals surface area contributed by atoms with E-state index in [1.165, 1.54) is 0 Å². The molecule has 0 radical (unpaired) electrons. The van der Waals surface area contributed by atoms with Crippen molar-refractivity contribution >= 4 is 17.5 Å². The van der Waals surface area contributed by atoms with Crippen LogP contribution in [0.25, 0.3) is 0 Å². The van der Waals surface area contributed by atoms with Gasteiger partial charge < -0.3 is 5.32 Å². The summed E-state index contributed by atoms with van der Waals surface area (Å²) in [5.74, 6) is -0.185. The smallest absolute Gasteiger partial charge is 0.269 e. The van der Waals surface area contributed by atoms with Crippen LogP contribution in [-0.4, -0.2) is 41.0 Å². The molecule has 0 aliphatic heterocycles. The molecule has 0 saturated carbocycles. The molecule has 1 amide bonds. The van der Waals surface area contributed by atoms with Gasteiger partial charge in [0, 0.05) is 25.2 Å². The SMILES string of the molecule is CC(C)N(CCNC(=O)c1cccc(Cl)n1)C(C)C. The first-order chi connectivity index (χ1) is 8.91. The Hall–Kier alpha value is -1.13. The number of carbonyl (C=O) groups excluding carboxylic acids is 1. The molecule has 0 spiro atoms. The Morgan fingerprint density at radius 3 is 2.47 bits per heavy atom. The zero-order valence-electron chi connectivity index (χ0n) is 12.0. The molecule has 0 fully saturated rings. The average Bonchev–Trinajstić information content (AvgIpc) is 2.33. The molecule has 0 bridgehead atoms. The standard InChI is InChI=1S/C14H22ClN3O/c1-10(2)18(11(3)4)9-8-16-14(19)12-6-5-7-13(15)17-12/h5-7,10-11H,8-9H2,1-4H3,(H,16,19). The Balaban J connectivity index is 2.47. The Morgan fingerprint density at radius 1 is 1.32 bits per heavy atom. The number of nitrogens with one attached hydrogen (secondary N) is 1. The van der Waals surface area contributed by atoms with Gasteiger partial charge in [0.25, 0.3) is 5.91 Å². The lowest BCUT2D eigenvalue weighted by Crippen LogP contribution is -2.42. The molecular formula is C14H22ClN3O. The third-order valence-corrected chi connectivity index (χ3v) is 3.14. The maximum Gasteiger partial charge on any atom is 0.269 e. The van der Waals surface area contributed by atoms with Gasteiger partial charge in [-0.15, -0.1) is 0 Å². The van der Waals surface area contributed by atoms with E-state index < -0.39 is 0 Å². The van der Waals surface area contributed by atoms with E-state index in [-0.39, 0.29) is 5.91 Å². The highest BCUT2D eigenvalue weighted by atomic mass is 35.5. The van der Waals surface area contributed by atoms with E-state index in [1.807, 2.05) is 0 Å². The molecule has 1 rings (SSSR count). The summed E-state index contributed by atoms with van der Waals surface area (Å²) >= 11 is 5.76. The van der Waals surface area contributed by atoms with Crippen molar-refractivity contribution < 1.29 is 4.79 Å². The van der Waals surface area contributed by atoms with Crippen LogP contribution in [0.1, 0.15) is 38.2 Å². The van der Waals surface area contributed by atoms with Crippen LogP contribution in [0, 0.1) is 0 Å². The van der Waals surface area contributed by atoms with Crippen LogP contribution in [0.5, 0.6) is 0 Å². The minimum Gasteiger partial charge on any atom is -0.349 e. The molecule has 4 nitrogen and oxygen atoms in total. The lowest BCUT2D eigenvalue weighted by molar-refractivity contribution is 0.0934. The second-order valence-electron chi connectivity index (χ2n) is 5.03. The number of pyridine rings is 1. The summed E-state index contributed by atoms with van der Waals surface area (Å²) in [6, 6.07) is 5.95. The van der Waals surface area contributed by atoms with Gasteiger partial charge in [-0.25, -0.2) is 4.98 Å². The van der Waals surface area contributed by atoms with Crippen LogP contribution in [0.4, 0.5) is 0 Å². The fraction of sp³-hybridized carbons (Fsp3) is 0.571. The highest BCUT2D eigenvalue weighted by Crippen LogP contribution is 2.05. The van der Waals surface area contributed by atoms with Crippen molar-refractivity contribution in [2.24, 2.45) is 0 Å². The van der Waals surface area contributed by atoms with Crippen molar-refractivity contribution in [1.29, 1.82) is 0 Å². The molecule has 19 heavy (non-hydrogen) atoms. The third kappa shape index (κ3) is 5.17. The third-order valence-electron chi connectivity index (χ3n) is 2.93. The molecule has 1 aromatic heterocycles. The first kappa shape index (κ1) is 15.9. The maximum atomic E-state index is 11.9. The Bertz CT molecular complexity index is 413. The van der Waals surface area contributed by atoms with Gasteiger partial charge >= 0.3 is 0 Å². The fourth-order valence-electron chi connectivity index (χ4n) is 2.04. The van der Waals surface area contributed by atoms with E-state index in [4.69, 9.17) is 11.6 Å². The quantitative estimate of drug-likeness (QED) is 0.816. The van der Waals surface area contributed by atoms with Crippen LogP contribution < -0.4 is 5.32 Å². The van der Waals surface area contributed by atoms with Crippen LogP contribution in [0.3, 0.4) is 0 Å². The summed E-state index contributed by atoms with van der Waals surface area (Å²) in [6.07, 6.45) is 0. The van der Waals surface area contributed by atoms with Gasteiger partial charge in [0.05, 0.1) is 0 Å². The van der Waals surface area contributed by atoms with E-state index in [0.29, 0.717) is 29.5 Å². The first-order valence-corrected chi connectivity index (χ1v) is 6.96. The molecule has 0 atom stereocenters. The summed E-state index contributed by atoms with van der Waals surface area (Å²) in [5.41, 5.74) is 0.355. The zero-order valence-corrected chi connectivity index (χ0v) is 12.7. The van der Waals surface area contributed by atoms with Gasteiger partial charge in [-0.2, -0.15) is 0 Å². The Labute approximate surface area is 120 Å². The molecular weight excluding hydrogens is 262 g/mol. The van der Waals surface area contributed by atoms with Crippen LogP contribution in [-0.2, 0) is 0 Å². The zero-order chi connectivity index (χ0) is 14.4. The number of amides is 1. The predicted molar refractivity (Wildman–Crippen MR) is 78.6 cm³/mol. The van der Waals surface area contributed by atoms with Crippen molar-refractivity contribution in [3.8, 4) is 0 Å². The largest absolute Gasteiger partial charge is 0.349 e. The normalized spacial score (nSPS) is 11.4. The van der Waals surface area contributed by atoms with Crippen molar-refractivity contribution in [2.45, 2.75) is 39.8 Å². The summed E-state index contributed by atoms with van der Waals surface area (Å²) in [4.78, 5) is 18.2. The number of hydrogen-bond acceptors (Lipinski definition) is 3. The van der Waals surface area contributed by atoms with Crippen LogP contribution >= 0.6 is 11.6 Å². The lowest BCUT2D eigenvalue weighted by Gasteiger charge is -2.30. The number of carbonyl (C=O) groups is 1. The Morgan fingerprint density at radius 2 is 1.95 bits per heavy atom. The lowest BCUT2D eigenvalue weighted by atomic mass is 10.2. The van der Waals surface area contributed by atoms with Crippen LogP contribution in [0.15, 0.2) is 18.2 Å². The van der Waals surface area contributed by atoms with Crippen LogP contribution in [0.2, 0.25) is 5.15 Å². The molecule has 0 aliphatic rings. The summed E-state index contributed by atoms with van der Waals surface area (Å²) in [7, 11) is 0. The second-order valence-corrected chi connectivity index (χ2v) is 5.41. The van der Waals surface area contributed by atoms with Crippen molar-refractivity contribution in [2.75, 3.05) is 13.1 Å². The van der Waals surface area contributed by atoms with E-state index in [0.717, 1.165) is 6.54 Å². The number of aromatic nitrogens is 1. The van der Waals surface area contributed by atoms with Crippen molar-refractivity contribution in [3.63, 3.8) is 0 Å². The average molecular weight is 284 g/mol. The number of hydrogen-bond donors (Lipinski definition) is 1. The van der Waals surface area contributed by atoms with E-state index >= 15 is 0 Å². The summed E-state index contributed by atoms with van der Waals surface area (Å²) in [5, 5.41) is 3.20.